The van der Waals surface area contributed by atoms with Crippen molar-refractivity contribution in [3.05, 3.63) is 10.1 Å². The van der Waals surface area contributed by atoms with Crippen LogP contribution in [0, 0.1) is 10.1 Å². The fraction of sp³-hybridized carbons (Fsp3) is 1.00. The Morgan fingerprint density at radius 2 is 2.18 bits per heavy atom. The molecule has 1 atom stereocenters. The number of hydrogen-bond acceptors (Lipinski definition) is 5. The van der Waals surface area contributed by atoms with Crippen LogP contribution in [0.5, 0.6) is 0 Å². The Kier molecular flexibility index (Phi) is 5.30. The van der Waals surface area contributed by atoms with Gasteiger partial charge in [-0.1, -0.05) is 0 Å². The summed E-state index contributed by atoms with van der Waals surface area (Å²) in [6.45, 7) is 6.63. The van der Waals surface area contributed by atoms with E-state index in [4.69, 9.17) is 9.47 Å². The van der Waals surface area contributed by atoms with E-state index < -0.39 is 5.54 Å². The van der Waals surface area contributed by atoms with Crippen LogP contribution in [0.15, 0.2) is 0 Å². The Balaban J connectivity index is 2.28. The summed E-state index contributed by atoms with van der Waals surface area (Å²) in [6.07, 6.45) is 1.13. The Labute approximate surface area is 102 Å². The van der Waals surface area contributed by atoms with Crippen LogP contribution < -0.4 is 0 Å². The van der Waals surface area contributed by atoms with Gasteiger partial charge in [-0.15, -0.1) is 0 Å². The van der Waals surface area contributed by atoms with Crippen LogP contribution in [-0.4, -0.2) is 61.4 Å². The lowest BCUT2D eigenvalue weighted by molar-refractivity contribution is -0.560. The van der Waals surface area contributed by atoms with Gasteiger partial charge in [-0.25, -0.2) is 0 Å². The molecule has 6 heteroatoms. The third-order valence-electron chi connectivity index (χ3n) is 2.97. The van der Waals surface area contributed by atoms with Crippen molar-refractivity contribution in [1.82, 2.24) is 4.90 Å². The summed E-state index contributed by atoms with van der Waals surface area (Å²) in [5.74, 6) is 0. The maximum absolute atomic E-state index is 10.8. The van der Waals surface area contributed by atoms with Gasteiger partial charge in [0.05, 0.1) is 25.9 Å². The molecule has 1 aliphatic heterocycles. The van der Waals surface area contributed by atoms with Crippen LogP contribution in [-0.2, 0) is 9.47 Å². The van der Waals surface area contributed by atoms with Crippen molar-refractivity contribution in [2.24, 2.45) is 0 Å². The van der Waals surface area contributed by atoms with Gasteiger partial charge in [-0.3, -0.25) is 15.0 Å². The van der Waals surface area contributed by atoms with Crippen LogP contribution in [0.2, 0.25) is 0 Å². The number of hydrogen-bond donors (Lipinski definition) is 0. The van der Waals surface area contributed by atoms with Crippen molar-refractivity contribution in [2.75, 3.05) is 40.0 Å². The molecule has 0 aromatic heterocycles. The molecule has 0 radical (unpaired) electrons. The number of nitro groups is 1. The van der Waals surface area contributed by atoms with E-state index in [1.807, 2.05) is 0 Å². The van der Waals surface area contributed by atoms with E-state index in [0.717, 1.165) is 19.5 Å². The molecule has 0 N–H and O–H groups in total. The molecular formula is C11H22N2O4. The van der Waals surface area contributed by atoms with Gasteiger partial charge in [0, 0.05) is 39.0 Å². The number of nitrogens with zero attached hydrogens (tertiary/aromatic N) is 2. The second kappa shape index (κ2) is 6.28. The highest BCUT2D eigenvalue weighted by Gasteiger charge is 2.36. The van der Waals surface area contributed by atoms with Crippen molar-refractivity contribution in [3.8, 4) is 0 Å². The van der Waals surface area contributed by atoms with E-state index >= 15 is 0 Å². The van der Waals surface area contributed by atoms with Crippen LogP contribution in [0.3, 0.4) is 0 Å². The predicted octanol–water partition coefficient (Wildman–Crippen LogP) is 0.779. The zero-order valence-electron chi connectivity index (χ0n) is 10.8. The van der Waals surface area contributed by atoms with Gasteiger partial charge in [0.2, 0.25) is 5.54 Å². The molecule has 0 unspecified atom stereocenters. The first-order chi connectivity index (χ1) is 7.95. The standard InChI is InChI=1S/C11H22N2O4/c1-11(2,13(14)15)9-12-5-4-10(8-12)17-7-6-16-3/h10H,4-9H2,1-3H3/t10-/m1/s1. The SMILES string of the molecule is COCCO[C@@H]1CCN(CC(C)(C)[N+](=O)[O-])C1. The predicted molar refractivity (Wildman–Crippen MR) is 63.7 cm³/mol. The van der Waals surface area contributed by atoms with Gasteiger partial charge in [-0.05, 0) is 6.42 Å². The minimum Gasteiger partial charge on any atom is -0.382 e. The molecule has 0 bridgehead atoms. The van der Waals surface area contributed by atoms with Crippen LogP contribution in [0.1, 0.15) is 20.3 Å². The number of likely N-dealkylation sites (tertiary alicyclic amines) is 1. The van der Waals surface area contributed by atoms with E-state index in [1.54, 1.807) is 21.0 Å². The van der Waals surface area contributed by atoms with Gasteiger partial charge >= 0.3 is 0 Å². The quantitative estimate of drug-likeness (QED) is 0.377. The summed E-state index contributed by atoms with van der Waals surface area (Å²) in [4.78, 5) is 12.7. The number of ether oxygens (including phenoxy) is 2. The summed E-state index contributed by atoms with van der Waals surface area (Å²) < 4.78 is 10.5. The average molecular weight is 246 g/mol. The van der Waals surface area contributed by atoms with Crippen LogP contribution in [0.25, 0.3) is 0 Å². The minimum atomic E-state index is -0.887. The monoisotopic (exact) mass is 246 g/mol. The average Bonchev–Trinajstić information content (AvgIpc) is 2.65. The highest BCUT2D eigenvalue weighted by molar-refractivity contribution is 4.81. The summed E-state index contributed by atoms with van der Waals surface area (Å²) >= 11 is 0. The van der Waals surface area contributed by atoms with E-state index in [0.29, 0.717) is 19.8 Å². The molecule has 1 fully saturated rings. The largest absolute Gasteiger partial charge is 0.382 e. The van der Waals surface area contributed by atoms with E-state index in [1.165, 1.54) is 0 Å². The molecule has 0 aliphatic carbocycles. The fourth-order valence-corrected chi connectivity index (χ4v) is 1.98. The Morgan fingerprint density at radius 3 is 2.76 bits per heavy atom. The lowest BCUT2D eigenvalue weighted by Gasteiger charge is -2.23. The molecule has 17 heavy (non-hydrogen) atoms. The van der Waals surface area contributed by atoms with E-state index in [9.17, 15) is 10.1 Å². The highest BCUT2D eigenvalue weighted by atomic mass is 16.6. The van der Waals surface area contributed by atoms with Crippen molar-refractivity contribution in [2.45, 2.75) is 31.9 Å². The molecule has 0 spiro atoms. The third-order valence-corrected chi connectivity index (χ3v) is 2.97. The molecular weight excluding hydrogens is 224 g/mol. The van der Waals surface area contributed by atoms with Crippen molar-refractivity contribution >= 4 is 0 Å². The lowest BCUT2D eigenvalue weighted by Crippen LogP contribution is -2.43. The molecule has 0 amide bonds. The van der Waals surface area contributed by atoms with Gasteiger partial charge in [-0.2, -0.15) is 0 Å². The molecule has 1 heterocycles. The Morgan fingerprint density at radius 1 is 1.47 bits per heavy atom. The van der Waals surface area contributed by atoms with Crippen molar-refractivity contribution in [1.29, 1.82) is 0 Å². The van der Waals surface area contributed by atoms with Gasteiger partial charge < -0.3 is 9.47 Å². The Bertz CT molecular complexity index is 258. The summed E-state index contributed by atoms with van der Waals surface area (Å²) in [5.41, 5.74) is -0.887. The molecule has 100 valence electrons. The zero-order chi connectivity index (χ0) is 12.9. The first kappa shape index (κ1) is 14.3. The zero-order valence-corrected chi connectivity index (χ0v) is 10.8. The normalized spacial score (nSPS) is 21.9. The lowest BCUT2D eigenvalue weighted by atomic mass is 10.1. The number of methoxy groups -OCH3 is 1. The van der Waals surface area contributed by atoms with E-state index in [2.05, 4.69) is 4.90 Å². The highest BCUT2D eigenvalue weighted by Crippen LogP contribution is 2.17. The maximum Gasteiger partial charge on any atom is 0.229 e. The maximum atomic E-state index is 10.8. The Hall–Kier alpha value is -0.720. The summed E-state index contributed by atoms with van der Waals surface area (Å²) in [6, 6.07) is 0. The third kappa shape index (κ3) is 4.57. The van der Waals surface area contributed by atoms with Crippen molar-refractivity contribution in [3.63, 3.8) is 0 Å². The van der Waals surface area contributed by atoms with Gasteiger partial charge in [0.25, 0.3) is 0 Å². The summed E-state index contributed by atoms with van der Waals surface area (Å²) in [7, 11) is 1.64. The molecule has 0 aromatic carbocycles. The molecule has 1 rings (SSSR count). The van der Waals surface area contributed by atoms with E-state index in [-0.39, 0.29) is 11.0 Å². The first-order valence-electron chi connectivity index (χ1n) is 5.93. The summed E-state index contributed by atoms with van der Waals surface area (Å²) in [5, 5.41) is 10.8. The van der Waals surface area contributed by atoms with Gasteiger partial charge in [0.1, 0.15) is 0 Å². The fourth-order valence-electron chi connectivity index (χ4n) is 1.98. The van der Waals surface area contributed by atoms with Crippen LogP contribution in [0.4, 0.5) is 0 Å². The van der Waals surface area contributed by atoms with Gasteiger partial charge in [0.15, 0.2) is 0 Å². The molecule has 0 aromatic rings. The first-order valence-corrected chi connectivity index (χ1v) is 5.93. The molecule has 1 aliphatic rings. The topological polar surface area (TPSA) is 64.8 Å². The second-order valence-corrected chi connectivity index (χ2v) is 5.08. The van der Waals surface area contributed by atoms with Crippen molar-refractivity contribution < 1.29 is 14.4 Å². The minimum absolute atomic E-state index is 0.188. The second-order valence-electron chi connectivity index (χ2n) is 5.08. The smallest absolute Gasteiger partial charge is 0.229 e. The molecule has 6 nitrogen and oxygen atoms in total. The van der Waals surface area contributed by atoms with Crippen LogP contribution >= 0.6 is 0 Å². The number of rotatable bonds is 7. The molecule has 0 saturated carbocycles. The molecule has 1 saturated heterocycles.